The number of rotatable bonds is 10. The van der Waals surface area contributed by atoms with Crippen LogP contribution in [0.1, 0.15) is 31.4 Å². The summed E-state index contributed by atoms with van der Waals surface area (Å²) in [6.07, 6.45) is -1.33. The van der Waals surface area contributed by atoms with E-state index >= 15 is 0 Å². The molecule has 0 radical (unpaired) electrons. The summed E-state index contributed by atoms with van der Waals surface area (Å²) < 4.78 is 15.6. The molecule has 0 spiro atoms. The van der Waals surface area contributed by atoms with Crippen molar-refractivity contribution in [1.82, 2.24) is 10.4 Å². The Labute approximate surface area is 203 Å². The smallest absolute Gasteiger partial charge is 0.430 e. The lowest BCUT2D eigenvalue weighted by molar-refractivity contribution is -0.163. The van der Waals surface area contributed by atoms with Crippen molar-refractivity contribution in [2.45, 2.75) is 39.0 Å². The maximum absolute atomic E-state index is 13.2. The van der Waals surface area contributed by atoms with Crippen LogP contribution in [0.2, 0.25) is 0 Å². The van der Waals surface area contributed by atoms with Gasteiger partial charge in [0.25, 0.3) is 0 Å². The average molecular weight is 481 g/mol. The third-order valence-electron chi connectivity index (χ3n) is 4.92. The second kappa shape index (κ2) is 13.4. The number of benzene rings is 2. The van der Waals surface area contributed by atoms with Crippen LogP contribution in [0.5, 0.6) is 0 Å². The van der Waals surface area contributed by atoms with Crippen LogP contribution in [-0.4, -0.2) is 41.1 Å². The van der Waals surface area contributed by atoms with Gasteiger partial charge in [-0.15, -0.1) is 5.73 Å². The molecule has 0 aliphatic rings. The van der Waals surface area contributed by atoms with Crippen molar-refractivity contribution in [2.75, 3.05) is 6.61 Å². The molecule has 0 bridgehead atoms. The minimum atomic E-state index is -2.28. The molecule has 1 atom stereocenters. The Morgan fingerprint density at radius 1 is 0.943 bits per heavy atom. The van der Waals surface area contributed by atoms with Gasteiger partial charge in [0.15, 0.2) is 5.78 Å². The van der Waals surface area contributed by atoms with Gasteiger partial charge in [-0.3, -0.25) is 4.79 Å². The van der Waals surface area contributed by atoms with Crippen LogP contribution >= 0.6 is 0 Å². The van der Waals surface area contributed by atoms with Crippen molar-refractivity contribution in [3.05, 3.63) is 90.2 Å². The quantitative estimate of drug-likeness (QED) is 0.179. The molecule has 35 heavy (non-hydrogen) atoms. The fourth-order valence-corrected chi connectivity index (χ4v) is 3.11. The number of ketones is 1. The highest BCUT2D eigenvalue weighted by atomic mass is 16.6. The highest BCUT2D eigenvalue weighted by Crippen LogP contribution is 2.25. The van der Waals surface area contributed by atoms with Crippen LogP contribution in [0.4, 0.5) is 9.59 Å². The molecule has 2 amide bonds. The van der Waals surface area contributed by atoms with Crippen molar-refractivity contribution in [3.63, 3.8) is 0 Å². The van der Waals surface area contributed by atoms with E-state index in [2.05, 4.69) is 17.7 Å². The van der Waals surface area contributed by atoms with Gasteiger partial charge in [-0.25, -0.2) is 19.8 Å². The van der Waals surface area contributed by atoms with Crippen LogP contribution in [-0.2, 0) is 37.0 Å². The number of hydrogen-bond acceptors (Lipinski definition) is 7. The van der Waals surface area contributed by atoms with E-state index in [0.29, 0.717) is 16.1 Å². The summed E-state index contributed by atoms with van der Waals surface area (Å²) in [5.41, 5.74) is 3.74. The molecular weight excluding hydrogens is 452 g/mol. The third kappa shape index (κ3) is 7.31. The third-order valence-corrected chi connectivity index (χ3v) is 4.92. The maximum Gasteiger partial charge on any atom is 0.430 e. The van der Waals surface area contributed by atoms with Crippen LogP contribution in [0.3, 0.4) is 0 Å². The van der Waals surface area contributed by atoms with E-state index in [0.717, 1.165) is 6.92 Å². The van der Waals surface area contributed by atoms with Gasteiger partial charge in [0.1, 0.15) is 13.2 Å². The lowest BCUT2D eigenvalue weighted by Crippen LogP contribution is -2.67. The normalized spacial score (nSPS) is 11.7. The first kappa shape index (κ1) is 26.9. The summed E-state index contributed by atoms with van der Waals surface area (Å²) >= 11 is 0. The molecular formula is C26H28N2O7. The van der Waals surface area contributed by atoms with Crippen LogP contribution in [0.25, 0.3) is 0 Å². The van der Waals surface area contributed by atoms with Crippen LogP contribution in [0, 0.1) is 0 Å². The van der Waals surface area contributed by atoms with Gasteiger partial charge in [0.05, 0.1) is 6.61 Å². The predicted octanol–water partition coefficient (Wildman–Crippen LogP) is 4.09. The number of amides is 2. The molecule has 2 rings (SSSR count). The number of hydrogen-bond donors (Lipinski definition) is 1. The first-order valence-electron chi connectivity index (χ1n) is 10.9. The molecule has 184 valence electrons. The van der Waals surface area contributed by atoms with E-state index in [1.165, 1.54) is 6.08 Å². The predicted molar refractivity (Wildman–Crippen MR) is 127 cm³/mol. The molecule has 0 heterocycles. The molecule has 0 fully saturated rings. The molecule has 9 heteroatoms. The molecule has 9 nitrogen and oxygen atoms in total. The number of ether oxygens (including phenoxy) is 3. The van der Waals surface area contributed by atoms with Gasteiger partial charge in [0.2, 0.25) is 5.54 Å². The van der Waals surface area contributed by atoms with Gasteiger partial charge in [0, 0.05) is 6.42 Å². The number of Topliss-reactive ketones (excluding diaryl/α,β-unsaturated/α-hetero) is 1. The van der Waals surface area contributed by atoms with Crippen molar-refractivity contribution >= 4 is 23.9 Å². The highest BCUT2D eigenvalue weighted by molar-refractivity contribution is 6.10. The topological polar surface area (TPSA) is 111 Å². The van der Waals surface area contributed by atoms with Crippen LogP contribution in [0.15, 0.2) is 79.0 Å². The summed E-state index contributed by atoms with van der Waals surface area (Å²) in [5.74, 6) is -1.83. The van der Waals surface area contributed by atoms with Gasteiger partial charge < -0.3 is 14.2 Å². The summed E-state index contributed by atoms with van der Waals surface area (Å²) in [6, 6.07) is 17.6. The van der Waals surface area contributed by atoms with E-state index in [1.54, 1.807) is 61.5 Å². The standard InChI is InChI=1S/C26H28N2O7/c1-4-6-17-26(20(3)29,23(30)33-5-2)28(25(32)35-19-22-15-11-8-12-16-22)27-24(31)34-18-21-13-9-7-10-14-21/h6-16H,1,5,17-19H2,2-3H3,(H,27,31). The van der Waals surface area contributed by atoms with E-state index in [-0.39, 0.29) is 26.2 Å². The molecule has 0 aliphatic heterocycles. The van der Waals surface area contributed by atoms with Crippen molar-refractivity contribution < 1.29 is 33.4 Å². The van der Waals surface area contributed by atoms with E-state index in [4.69, 9.17) is 14.2 Å². The van der Waals surface area contributed by atoms with E-state index < -0.39 is 29.5 Å². The Bertz CT molecular complexity index is 1070. The van der Waals surface area contributed by atoms with Gasteiger partial charge >= 0.3 is 18.2 Å². The van der Waals surface area contributed by atoms with Gasteiger partial charge in [-0.1, -0.05) is 67.2 Å². The highest BCUT2D eigenvalue weighted by Gasteiger charge is 2.54. The monoisotopic (exact) mass is 480 g/mol. The number of nitrogens with zero attached hydrogens (tertiary/aromatic N) is 1. The van der Waals surface area contributed by atoms with E-state index in [1.807, 2.05) is 6.07 Å². The van der Waals surface area contributed by atoms with Crippen molar-refractivity contribution in [3.8, 4) is 0 Å². The lowest BCUT2D eigenvalue weighted by Gasteiger charge is -2.37. The number of carbonyl (C=O) groups is 4. The second-order valence-corrected chi connectivity index (χ2v) is 7.30. The second-order valence-electron chi connectivity index (χ2n) is 7.30. The summed E-state index contributed by atoms with van der Waals surface area (Å²) in [7, 11) is 0. The minimum absolute atomic E-state index is 0.0724. The summed E-state index contributed by atoms with van der Waals surface area (Å²) in [6.45, 7) is 5.73. The maximum atomic E-state index is 13.2. The number of nitrogens with one attached hydrogen (secondary N) is 1. The Balaban J connectivity index is 2.37. The molecule has 2 aromatic carbocycles. The molecule has 0 saturated carbocycles. The zero-order valence-electron chi connectivity index (χ0n) is 19.7. The minimum Gasteiger partial charge on any atom is -0.464 e. The summed E-state index contributed by atoms with van der Waals surface area (Å²) in [5, 5.41) is 0.511. The molecule has 1 N–H and O–H groups in total. The first-order chi connectivity index (χ1) is 16.8. The Kier molecular flexibility index (Phi) is 10.3. The summed E-state index contributed by atoms with van der Waals surface area (Å²) in [4.78, 5) is 51.7. The molecule has 1 unspecified atom stereocenters. The van der Waals surface area contributed by atoms with Crippen molar-refractivity contribution in [1.29, 1.82) is 0 Å². The molecule has 2 aromatic rings. The molecule has 0 aromatic heterocycles. The largest absolute Gasteiger partial charge is 0.464 e. The van der Waals surface area contributed by atoms with Gasteiger partial charge in [-0.05, 0) is 31.1 Å². The Morgan fingerprint density at radius 2 is 1.49 bits per heavy atom. The number of hydrazine groups is 1. The van der Waals surface area contributed by atoms with Crippen LogP contribution < -0.4 is 5.43 Å². The van der Waals surface area contributed by atoms with Gasteiger partial charge in [-0.2, -0.15) is 5.01 Å². The lowest BCUT2D eigenvalue weighted by atomic mass is 9.90. The Morgan fingerprint density at radius 3 is 1.97 bits per heavy atom. The SMILES string of the molecule is C=C=CCC(C(C)=O)(C(=O)OCC)N(NC(=O)OCc1ccccc1)C(=O)OCc1ccccc1. The number of esters is 1. The molecule has 0 aliphatic carbocycles. The zero-order valence-corrected chi connectivity index (χ0v) is 19.7. The average Bonchev–Trinajstić information content (AvgIpc) is 2.87. The Hall–Kier alpha value is -4.36. The molecule has 0 saturated heterocycles. The zero-order chi connectivity index (χ0) is 25.7. The fourth-order valence-electron chi connectivity index (χ4n) is 3.11. The van der Waals surface area contributed by atoms with Crippen molar-refractivity contribution in [2.24, 2.45) is 0 Å². The van der Waals surface area contributed by atoms with E-state index in [9.17, 15) is 19.2 Å². The number of carbonyl (C=O) groups excluding carboxylic acids is 4. The fraction of sp³-hybridized carbons (Fsp3) is 0.269. The first-order valence-corrected chi connectivity index (χ1v) is 10.9.